The molecule has 0 bridgehead atoms. The number of aryl methyl sites for hydroxylation is 1. The van der Waals surface area contributed by atoms with Crippen molar-refractivity contribution >= 4 is 39.1 Å². The molecule has 0 atom stereocenters. The van der Waals surface area contributed by atoms with Gasteiger partial charge in [-0.25, -0.2) is 8.42 Å². The number of benzene rings is 2. The quantitative estimate of drug-likeness (QED) is 0.723. The summed E-state index contributed by atoms with van der Waals surface area (Å²) in [5.74, 6) is -0.446. The van der Waals surface area contributed by atoms with Crippen LogP contribution in [-0.2, 0) is 21.2 Å². The second-order valence-corrected chi connectivity index (χ2v) is 9.43. The summed E-state index contributed by atoms with van der Waals surface area (Å²) in [7, 11) is -3.85. The molecular weight excluding hydrogens is 435 g/mol. The maximum atomic E-state index is 12.9. The average Bonchev–Trinajstić information content (AvgIpc) is 2.70. The van der Waals surface area contributed by atoms with E-state index >= 15 is 0 Å². The third-order valence-corrected chi connectivity index (χ3v) is 7.47. The van der Waals surface area contributed by atoms with Crippen molar-refractivity contribution in [2.75, 3.05) is 32.8 Å². The Balaban J connectivity index is 1.77. The van der Waals surface area contributed by atoms with Gasteiger partial charge in [0.1, 0.15) is 4.90 Å². The van der Waals surface area contributed by atoms with Gasteiger partial charge in [0, 0.05) is 19.6 Å². The molecule has 0 unspecified atom stereocenters. The standard InChI is InChI=1S/C20H22Cl2N2O4S/c1-14-4-2-3-5-15(14)6-7-23-20(25)16-12-19(18(22)13-17(16)21)29(26,27)24-8-10-28-11-9-24/h2-5,12-13H,6-11H2,1H3,(H,23,25). The molecule has 29 heavy (non-hydrogen) atoms. The third-order valence-electron chi connectivity index (χ3n) is 4.80. The SMILES string of the molecule is Cc1ccccc1CCNC(=O)c1cc(S(=O)(=O)N2CCOCC2)c(Cl)cc1Cl. The maximum absolute atomic E-state index is 12.9. The molecule has 1 fully saturated rings. The molecular formula is C20H22Cl2N2O4S. The molecule has 9 heteroatoms. The van der Waals surface area contributed by atoms with Crippen LogP contribution in [0.15, 0.2) is 41.3 Å². The molecule has 0 spiro atoms. The number of nitrogens with zero attached hydrogens (tertiary/aromatic N) is 1. The first-order valence-electron chi connectivity index (χ1n) is 9.20. The van der Waals surface area contributed by atoms with Crippen molar-refractivity contribution in [3.8, 4) is 0 Å². The molecule has 1 heterocycles. The monoisotopic (exact) mass is 456 g/mol. The Kier molecular flexibility index (Phi) is 7.19. The zero-order valence-electron chi connectivity index (χ0n) is 16.0. The van der Waals surface area contributed by atoms with E-state index in [-0.39, 0.29) is 33.6 Å². The van der Waals surface area contributed by atoms with E-state index in [1.165, 1.54) is 16.4 Å². The Morgan fingerprint density at radius 1 is 1.14 bits per heavy atom. The fourth-order valence-corrected chi connectivity index (χ4v) is 5.36. The Morgan fingerprint density at radius 2 is 1.83 bits per heavy atom. The number of nitrogens with one attached hydrogen (secondary N) is 1. The predicted octanol–water partition coefficient (Wildman–Crippen LogP) is 3.30. The van der Waals surface area contributed by atoms with Crippen LogP contribution >= 0.6 is 23.2 Å². The van der Waals surface area contributed by atoms with Crippen LogP contribution in [0.2, 0.25) is 10.0 Å². The van der Waals surface area contributed by atoms with Crippen LogP contribution in [0.25, 0.3) is 0 Å². The zero-order chi connectivity index (χ0) is 21.0. The van der Waals surface area contributed by atoms with Crippen LogP contribution in [0.1, 0.15) is 21.5 Å². The normalized spacial score (nSPS) is 15.3. The molecule has 0 aromatic heterocycles. The number of hydrogen-bond donors (Lipinski definition) is 1. The molecule has 1 saturated heterocycles. The van der Waals surface area contributed by atoms with Gasteiger partial charge in [-0.3, -0.25) is 4.79 Å². The fraction of sp³-hybridized carbons (Fsp3) is 0.350. The fourth-order valence-electron chi connectivity index (χ4n) is 3.12. The van der Waals surface area contributed by atoms with Gasteiger partial charge in [-0.15, -0.1) is 0 Å². The Bertz CT molecular complexity index is 1010. The molecule has 3 rings (SSSR count). The lowest BCUT2D eigenvalue weighted by atomic mass is 10.1. The minimum absolute atomic E-state index is 0.0158. The van der Waals surface area contributed by atoms with Gasteiger partial charge < -0.3 is 10.1 Å². The van der Waals surface area contributed by atoms with Crippen LogP contribution in [0.4, 0.5) is 0 Å². The van der Waals surface area contributed by atoms with Gasteiger partial charge in [0.25, 0.3) is 5.91 Å². The lowest BCUT2D eigenvalue weighted by Gasteiger charge is -2.26. The highest BCUT2D eigenvalue weighted by molar-refractivity contribution is 7.89. The summed E-state index contributed by atoms with van der Waals surface area (Å²) in [5, 5.41) is 2.88. The first-order valence-corrected chi connectivity index (χ1v) is 11.4. The van der Waals surface area contributed by atoms with Crippen molar-refractivity contribution < 1.29 is 17.9 Å². The smallest absolute Gasteiger partial charge is 0.252 e. The number of hydrogen-bond acceptors (Lipinski definition) is 4. The molecule has 1 aliphatic heterocycles. The largest absolute Gasteiger partial charge is 0.379 e. The first kappa shape index (κ1) is 22.1. The molecule has 0 radical (unpaired) electrons. The van der Waals surface area contributed by atoms with Gasteiger partial charge in [-0.05, 0) is 36.6 Å². The van der Waals surface area contributed by atoms with E-state index in [0.717, 1.165) is 11.1 Å². The Morgan fingerprint density at radius 3 is 2.52 bits per heavy atom. The van der Waals surface area contributed by atoms with Gasteiger partial charge in [-0.1, -0.05) is 47.5 Å². The number of halogens is 2. The number of sulfonamides is 1. The summed E-state index contributed by atoms with van der Waals surface area (Å²) in [6, 6.07) is 10.5. The molecule has 0 saturated carbocycles. The van der Waals surface area contributed by atoms with Crippen LogP contribution < -0.4 is 5.32 Å². The van der Waals surface area contributed by atoms with Gasteiger partial charge in [-0.2, -0.15) is 4.31 Å². The van der Waals surface area contributed by atoms with E-state index in [2.05, 4.69) is 5.32 Å². The van der Waals surface area contributed by atoms with E-state index in [0.29, 0.717) is 26.2 Å². The average molecular weight is 457 g/mol. The number of rotatable bonds is 6. The summed E-state index contributed by atoms with van der Waals surface area (Å²) in [6.07, 6.45) is 0.655. The first-order chi connectivity index (χ1) is 13.8. The summed E-state index contributed by atoms with van der Waals surface area (Å²) in [4.78, 5) is 12.5. The van der Waals surface area contributed by atoms with E-state index in [9.17, 15) is 13.2 Å². The Hall–Kier alpha value is -1.64. The lowest BCUT2D eigenvalue weighted by molar-refractivity contribution is 0.0730. The maximum Gasteiger partial charge on any atom is 0.252 e. The van der Waals surface area contributed by atoms with Crippen molar-refractivity contribution in [2.24, 2.45) is 0 Å². The number of carbonyl (C=O) groups is 1. The van der Waals surface area contributed by atoms with Gasteiger partial charge >= 0.3 is 0 Å². The summed E-state index contributed by atoms with van der Waals surface area (Å²) in [6.45, 7) is 3.51. The lowest BCUT2D eigenvalue weighted by Crippen LogP contribution is -2.40. The van der Waals surface area contributed by atoms with Crippen molar-refractivity contribution in [3.63, 3.8) is 0 Å². The highest BCUT2D eigenvalue weighted by atomic mass is 35.5. The van der Waals surface area contributed by atoms with Crippen LogP contribution in [0, 0.1) is 6.92 Å². The zero-order valence-corrected chi connectivity index (χ0v) is 18.3. The Labute approximate surface area is 180 Å². The molecule has 1 amide bonds. The van der Waals surface area contributed by atoms with E-state index < -0.39 is 15.9 Å². The minimum Gasteiger partial charge on any atom is -0.379 e. The van der Waals surface area contributed by atoms with Crippen LogP contribution in [0.5, 0.6) is 0 Å². The minimum atomic E-state index is -3.85. The summed E-state index contributed by atoms with van der Waals surface area (Å²) < 4.78 is 32.4. The molecule has 2 aromatic rings. The van der Waals surface area contributed by atoms with E-state index in [1.807, 2.05) is 31.2 Å². The second kappa shape index (κ2) is 9.45. The topological polar surface area (TPSA) is 75.7 Å². The van der Waals surface area contributed by atoms with Crippen LogP contribution in [-0.4, -0.2) is 51.5 Å². The second-order valence-electron chi connectivity index (χ2n) is 6.71. The van der Waals surface area contributed by atoms with Crippen molar-refractivity contribution in [1.82, 2.24) is 9.62 Å². The van der Waals surface area contributed by atoms with E-state index in [1.54, 1.807) is 0 Å². The van der Waals surface area contributed by atoms with Crippen LogP contribution in [0.3, 0.4) is 0 Å². The number of morpholine rings is 1. The molecule has 1 aliphatic rings. The number of amides is 1. The molecule has 1 N–H and O–H groups in total. The van der Waals surface area contributed by atoms with Gasteiger partial charge in [0.2, 0.25) is 10.0 Å². The van der Waals surface area contributed by atoms with Crippen molar-refractivity contribution in [1.29, 1.82) is 0 Å². The molecule has 6 nitrogen and oxygen atoms in total. The van der Waals surface area contributed by atoms with Crippen molar-refractivity contribution in [3.05, 3.63) is 63.1 Å². The van der Waals surface area contributed by atoms with Gasteiger partial charge in [0.05, 0.1) is 28.8 Å². The highest BCUT2D eigenvalue weighted by Crippen LogP contribution is 2.31. The number of carbonyl (C=O) groups excluding carboxylic acids is 1. The highest BCUT2D eigenvalue weighted by Gasteiger charge is 2.30. The summed E-state index contributed by atoms with van der Waals surface area (Å²) >= 11 is 12.3. The number of ether oxygens (including phenoxy) is 1. The van der Waals surface area contributed by atoms with Crippen molar-refractivity contribution in [2.45, 2.75) is 18.2 Å². The molecule has 0 aliphatic carbocycles. The molecule has 156 valence electrons. The molecule has 2 aromatic carbocycles. The third kappa shape index (κ3) is 5.10. The van der Waals surface area contributed by atoms with E-state index in [4.69, 9.17) is 27.9 Å². The predicted molar refractivity (Wildman–Crippen MR) is 113 cm³/mol. The summed E-state index contributed by atoms with van der Waals surface area (Å²) in [5.41, 5.74) is 2.35. The van der Waals surface area contributed by atoms with Gasteiger partial charge in [0.15, 0.2) is 0 Å².